The zero-order valence-electron chi connectivity index (χ0n) is 23.1. The number of anilines is 1. The SMILES string of the molecule is CCCC1=C2C(c3ccc(CCC(=O)Nc4ccc(F)cc4)cc3)CC3(C)C(O)CCC3C2CC/C1=C/C=O. The normalized spacial score (nSPS) is 29.2. The molecule has 2 N–H and O–H groups in total. The number of nitrogens with one attached hydrogen (secondary N) is 1. The smallest absolute Gasteiger partial charge is 0.224 e. The van der Waals surface area contributed by atoms with E-state index in [-0.39, 0.29) is 29.2 Å². The lowest BCUT2D eigenvalue weighted by molar-refractivity contribution is -0.116. The fourth-order valence-electron chi connectivity index (χ4n) is 7.70. The van der Waals surface area contributed by atoms with E-state index >= 15 is 0 Å². The van der Waals surface area contributed by atoms with Crippen LogP contribution in [-0.2, 0) is 16.0 Å². The number of aryl methyl sites for hydroxylation is 1. The number of benzene rings is 2. The third kappa shape index (κ3) is 5.51. The molecule has 0 spiro atoms. The molecule has 206 valence electrons. The van der Waals surface area contributed by atoms with Gasteiger partial charge in [-0.05, 0) is 115 Å². The summed E-state index contributed by atoms with van der Waals surface area (Å²) in [6.45, 7) is 4.50. The summed E-state index contributed by atoms with van der Waals surface area (Å²) in [5.74, 6) is 0.734. The van der Waals surface area contributed by atoms with Crippen LogP contribution in [0, 0.1) is 23.1 Å². The number of aldehydes is 1. The summed E-state index contributed by atoms with van der Waals surface area (Å²) in [5.41, 5.74) is 6.95. The van der Waals surface area contributed by atoms with Gasteiger partial charge in [0.15, 0.2) is 0 Å². The first-order chi connectivity index (χ1) is 18.8. The number of aliphatic hydroxyl groups excluding tert-OH is 1. The van der Waals surface area contributed by atoms with Crippen molar-refractivity contribution in [3.05, 3.63) is 88.3 Å². The molecule has 5 unspecified atom stereocenters. The lowest BCUT2D eigenvalue weighted by atomic mass is 9.53. The Morgan fingerprint density at radius 1 is 1.08 bits per heavy atom. The Bertz CT molecular complexity index is 1260. The molecule has 0 heterocycles. The summed E-state index contributed by atoms with van der Waals surface area (Å²) < 4.78 is 13.1. The number of allylic oxidation sites excluding steroid dienone is 4. The topological polar surface area (TPSA) is 66.4 Å². The van der Waals surface area contributed by atoms with Crippen molar-refractivity contribution < 1.29 is 19.1 Å². The van der Waals surface area contributed by atoms with Crippen LogP contribution < -0.4 is 5.32 Å². The Hall–Kier alpha value is -3.05. The second-order valence-electron chi connectivity index (χ2n) is 11.9. The fourth-order valence-corrected chi connectivity index (χ4v) is 7.70. The summed E-state index contributed by atoms with van der Waals surface area (Å²) >= 11 is 0. The molecule has 3 aliphatic rings. The molecule has 2 aromatic rings. The van der Waals surface area contributed by atoms with Crippen LogP contribution in [0.25, 0.3) is 0 Å². The number of carbonyl (C=O) groups excluding carboxylic acids is 2. The summed E-state index contributed by atoms with van der Waals surface area (Å²) in [7, 11) is 0. The second kappa shape index (κ2) is 11.6. The first-order valence-corrected chi connectivity index (χ1v) is 14.5. The predicted octanol–water partition coefficient (Wildman–Crippen LogP) is 7.29. The number of rotatable bonds is 8. The van der Waals surface area contributed by atoms with Crippen molar-refractivity contribution in [2.75, 3.05) is 5.32 Å². The number of amides is 1. The molecule has 1 amide bonds. The molecule has 2 saturated carbocycles. The molecular formula is C34H40FNO3. The molecule has 0 aliphatic heterocycles. The van der Waals surface area contributed by atoms with E-state index in [1.807, 2.05) is 0 Å². The number of carbonyl (C=O) groups is 2. The zero-order chi connectivity index (χ0) is 27.6. The van der Waals surface area contributed by atoms with Crippen molar-refractivity contribution in [1.29, 1.82) is 0 Å². The van der Waals surface area contributed by atoms with Crippen LogP contribution in [0.2, 0.25) is 0 Å². The van der Waals surface area contributed by atoms with E-state index in [4.69, 9.17) is 0 Å². The molecule has 0 radical (unpaired) electrons. The lowest BCUT2D eigenvalue weighted by Crippen LogP contribution is -2.44. The first kappa shape index (κ1) is 27.5. The Morgan fingerprint density at radius 2 is 1.82 bits per heavy atom. The number of fused-ring (bicyclic) bond motifs is 3. The third-order valence-corrected chi connectivity index (χ3v) is 9.64. The highest BCUT2D eigenvalue weighted by Gasteiger charge is 2.56. The quantitative estimate of drug-likeness (QED) is 0.279. The van der Waals surface area contributed by atoms with Crippen molar-refractivity contribution in [3.63, 3.8) is 0 Å². The van der Waals surface area contributed by atoms with Crippen molar-refractivity contribution in [2.45, 2.75) is 83.7 Å². The Labute approximate surface area is 231 Å². The standard InChI is InChI=1S/C34H40FNO3/c1-3-4-27-24(19-20-37)10-15-28-30-16-17-31(38)34(30,2)21-29(33(27)28)23-8-5-22(6-9-23)7-18-32(39)36-26-13-11-25(35)12-14-26/h5-6,8-9,11-14,19-20,28-31,38H,3-4,7,10,15-18,21H2,1-2H3,(H,36,39)/b24-19-. The van der Waals surface area contributed by atoms with Crippen LogP contribution in [0.3, 0.4) is 0 Å². The van der Waals surface area contributed by atoms with Gasteiger partial charge in [-0.2, -0.15) is 0 Å². The second-order valence-corrected chi connectivity index (χ2v) is 11.9. The van der Waals surface area contributed by atoms with Gasteiger partial charge in [0.1, 0.15) is 12.1 Å². The van der Waals surface area contributed by atoms with E-state index in [9.17, 15) is 19.1 Å². The predicted molar refractivity (Wildman–Crippen MR) is 153 cm³/mol. The minimum absolute atomic E-state index is 0.0962. The number of hydrogen-bond donors (Lipinski definition) is 2. The lowest BCUT2D eigenvalue weighted by Gasteiger charge is -2.51. The summed E-state index contributed by atoms with van der Waals surface area (Å²) in [6.07, 6.45) is 10.3. The van der Waals surface area contributed by atoms with E-state index in [1.165, 1.54) is 34.4 Å². The molecular weight excluding hydrogens is 489 g/mol. The molecule has 2 aromatic carbocycles. The number of halogens is 1. The molecule has 0 bridgehead atoms. The van der Waals surface area contributed by atoms with Crippen molar-refractivity contribution in [1.82, 2.24) is 0 Å². The van der Waals surface area contributed by atoms with Crippen molar-refractivity contribution in [2.24, 2.45) is 17.3 Å². The highest BCUT2D eigenvalue weighted by atomic mass is 19.1. The van der Waals surface area contributed by atoms with E-state index in [1.54, 1.807) is 18.2 Å². The van der Waals surface area contributed by atoms with E-state index in [0.29, 0.717) is 30.4 Å². The Morgan fingerprint density at radius 3 is 2.51 bits per heavy atom. The minimum Gasteiger partial charge on any atom is -0.393 e. The zero-order valence-corrected chi connectivity index (χ0v) is 23.1. The maximum Gasteiger partial charge on any atom is 0.224 e. The Kier molecular flexibility index (Phi) is 8.18. The average molecular weight is 530 g/mol. The number of hydrogen-bond acceptors (Lipinski definition) is 3. The van der Waals surface area contributed by atoms with Crippen LogP contribution >= 0.6 is 0 Å². The minimum atomic E-state index is -0.328. The van der Waals surface area contributed by atoms with Crippen molar-refractivity contribution >= 4 is 17.9 Å². The fraction of sp³-hybridized carbons (Fsp3) is 0.471. The molecule has 0 saturated heterocycles. The maximum atomic E-state index is 13.1. The molecule has 39 heavy (non-hydrogen) atoms. The summed E-state index contributed by atoms with van der Waals surface area (Å²) in [4.78, 5) is 23.9. The van der Waals surface area contributed by atoms with Gasteiger partial charge in [0.25, 0.3) is 0 Å². The summed E-state index contributed by atoms with van der Waals surface area (Å²) in [6, 6.07) is 14.5. The van der Waals surface area contributed by atoms with Gasteiger partial charge in [-0.3, -0.25) is 9.59 Å². The monoisotopic (exact) mass is 529 g/mol. The first-order valence-electron chi connectivity index (χ1n) is 14.5. The van der Waals surface area contributed by atoms with Gasteiger partial charge in [-0.25, -0.2) is 4.39 Å². The molecule has 3 aliphatic carbocycles. The van der Waals surface area contributed by atoms with Gasteiger partial charge < -0.3 is 10.4 Å². The largest absolute Gasteiger partial charge is 0.393 e. The van der Waals surface area contributed by atoms with Gasteiger partial charge in [0, 0.05) is 18.0 Å². The van der Waals surface area contributed by atoms with Gasteiger partial charge in [0.05, 0.1) is 6.10 Å². The van der Waals surface area contributed by atoms with E-state index in [0.717, 1.165) is 56.8 Å². The molecule has 5 rings (SSSR count). The van der Waals surface area contributed by atoms with Crippen LogP contribution in [0.5, 0.6) is 0 Å². The van der Waals surface area contributed by atoms with Crippen LogP contribution in [0.15, 0.2) is 71.3 Å². The van der Waals surface area contributed by atoms with Gasteiger partial charge in [0.2, 0.25) is 5.91 Å². The molecule has 5 atom stereocenters. The van der Waals surface area contributed by atoms with Gasteiger partial charge in [-0.15, -0.1) is 0 Å². The van der Waals surface area contributed by atoms with Crippen LogP contribution in [-0.4, -0.2) is 23.4 Å². The van der Waals surface area contributed by atoms with E-state index < -0.39 is 0 Å². The molecule has 0 aromatic heterocycles. The third-order valence-electron chi connectivity index (χ3n) is 9.64. The van der Waals surface area contributed by atoms with Crippen LogP contribution in [0.4, 0.5) is 10.1 Å². The highest BCUT2D eigenvalue weighted by molar-refractivity contribution is 5.90. The molecule has 5 heteroatoms. The van der Waals surface area contributed by atoms with Crippen LogP contribution in [0.1, 0.15) is 82.3 Å². The average Bonchev–Trinajstić information content (AvgIpc) is 3.24. The Balaban J connectivity index is 1.39. The van der Waals surface area contributed by atoms with Gasteiger partial charge >= 0.3 is 0 Å². The molecule has 2 fully saturated rings. The van der Waals surface area contributed by atoms with Gasteiger partial charge in [-0.1, -0.05) is 50.1 Å². The number of aliphatic hydroxyl groups is 1. The van der Waals surface area contributed by atoms with Crippen molar-refractivity contribution in [3.8, 4) is 0 Å². The molecule has 4 nitrogen and oxygen atoms in total. The van der Waals surface area contributed by atoms with E-state index in [2.05, 4.69) is 43.4 Å². The summed E-state index contributed by atoms with van der Waals surface area (Å²) in [5, 5.41) is 13.9. The maximum absolute atomic E-state index is 13.1. The highest BCUT2D eigenvalue weighted by Crippen LogP contribution is 2.63.